The van der Waals surface area contributed by atoms with Gasteiger partial charge in [-0.3, -0.25) is 4.79 Å². The maximum Gasteiger partial charge on any atom is 0.258 e. The molecule has 4 nitrogen and oxygen atoms in total. The van der Waals surface area contributed by atoms with Crippen LogP contribution in [0.5, 0.6) is 5.75 Å². The van der Waals surface area contributed by atoms with Crippen LogP contribution in [-0.4, -0.2) is 29.8 Å². The summed E-state index contributed by atoms with van der Waals surface area (Å²) in [5.41, 5.74) is 0. The third kappa shape index (κ3) is 4.21. The predicted octanol–water partition coefficient (Wildman–Crippen LogP) is 1.62. The van der Waals surface area contributed by atoms with Gasteiger partial charge in [0.25, 0.3) is 5.91 Å². The fourth-order valence-corrected chi connectivity index (χ4v) is 2.23. The third-order valence-corrected chi connectivity index (χ3v) is 3.24. The van der Waals surface area contributed by atoms with Crippen LogP contribution < -0.4 is 10.1 Å². The van der Waals surface area contributed by atoms with Crippen LogP contribution in [-0.2, 0) is 4.79 Å². The average molecular weight is 267 g/mol. The predicted molar refractivity (Wildman–Crippen MR) is 68.3 cm³/mol. The summed E-state index contributed by atoms with van der Waals surface area (Å²) in [5.74, 6) is -0.379. The summed E-state index contributed by atoms with van der Waals surface area (Å²) in [7, 11) is 0. The van der Waals surface area contributed by atoms with Crippen LogP contribution in [0, 0.1) is 5.82 Å². The minimum atomic E-state index is -0.480. The van der Waals surface area contributed by atoms with Crippen molar-refractivity contribution in [2.75, 3.05) is 6.61 Å². The van der Waals surface area contributed by atoms with E-state index in [4.69, 9.17) is 4.74 Å². The first kappa shape index (κ1) is 13.8. The van der Waals surface area contributed by atoms with Crippen LogP contribution in [0.25, 0.3) is 0 Å². The lowest BCUT2D eigenvalue weighted by Gasteiger charge is -2.28. The number of benzene rings is 1. The van der Waals surface area contributed by atoms with E-state index in [2.05, 4.69) is 5.32 Å². The minimum absolute atomic E-state index is 0.174. The number of ether oxygens (including phenoxy) is 1. The van der Waals surface area contributed by atoms with Crippen molar-refractivity contribution in [3.63, 3.8) is 0 Å². The molecule has 0 unspecified atom stereocenters. The van der Waals surface area contributed by atoms with Gasteiger partial charge in [0.15, 0.2) is 6.61 Å². The second-order valence-electron chi connectivity index (χ2n) is 4.77. The molecule has 2 N–H and O–H groups in total. The molecule has 2 rings (SSSR count). The molecule has 1 fully saturated rings. The molecule has 1 amide bonds. The highest BCUT2D eigenvalue weighted by atomic mass is 19.1. The first-order valence-corrected chi connectivity index (χ1v) is 6.51. The largest absolute Gasteiger partial charge is 0.484 e. The van der Waals surface area contributed by atoms with Crippen molar-refractivity contribution >= 4 is 5.91 Å². The summed E-state index contributed by atoms with van der Waals surface area (Å²) in [6.07, 6.45) is 3.02. The van der Waals surface area contributed by atoms with Crippen molar-refractivity contribution in [3.8, 4) is 5.75 Å². The Balaban J connectivity index is 1.78. The highest BCUT2D eigenvalue weighted by Crippen LogP contribution is 2.18. The number of amides is 1. The fraction of sp³-hybridized carbons (Fsp3) is 0.500. The van der Waals surface area contributed by atoms with E-state index in [0.29, 0.717) is 5.75 Å². The SMILES string of the molecule is O=C(COc1cccc(F)c1)N[C@H]1CCCC[C@@H]1O. The van der Waals surface area contributed by atoms with Gasteiger partial charge in [-0.25, -0.2) is 4.39 Å². The van der Waals surface area contributed by atoms with E-state index >= 15 is 0 Å². The number of hydrogen-bond acceptors (Lipinski definition) is 3. The number of aliphatic hydroxyl groups is 1. The molecule has 0 spiro atoms. The highest BCUT2D eigenvalue weighted by molar-refractivity contribution is 5.77. The molecule has 1 saturated carbocycles. The average Bonchev–Trinajstić information content (AvgIpc) is 2.39. The number of rotatable bonds is 4. The Morgan fingerprint density at radius 2 is 2.21 bits per heavy atom. The number of carbonyl (C=O) groups is 1. The topological polar surface area (TPSA) is 58.6 Å². The molecule has 0 radical (unpaired) electrons. The molecule has 104 valence electrons. The molecule has 2 atom stereocenters. The summed E-state index contributed by atoms with van der Waals surface area (Å²) in [5, 5.41) is 12.5. The van der Waals surface area contributed by atoms with Gasteiger partial charge in [-0.05, 0) is 25.0 Å². The number of hydrogen-bond donors (Lipinski definition) is 2. The van der Waals surface area contributed by atoms with Gasteiger partial charge < -0.3 is 15.2 Å². The molecule has 1 aromatic rings. The van der Waals surface area contributed by atoms with Crippen LogP contribution in [0.4, 0.5) is 4.39 Å². The van der Waals surface area contributed by atoms with Gasteiger partial charge in [0.1, 0.15) is 11.6 Å². The van der Waals surface area contributed by atoms with Crippen LogP contribution in [0.3, 0.4) is 0 Å². The van der Waals surface area contributed by atoms with E-state index in [1.54, 1.807) is 6.07 Å². The zero-order valence-electron chi connectivity index (χ0n) is 10.6. The zero-order chi connectivity index (χ0) is 13.7. The Kier molecular flexibility index (Phi) is 4.74. The van der Waals surface area contributed by atoms with E-state index in [-0.39, 0.29) is 18.6 Å². The lowest BCUT2D eigenvalue weighted by molar-refractivity contribution is -0.125. The summed E-state index contributed by atoms with van der Waals surface area (Å²) >= 11 is 0. The van der Waals surface area contributed by atoms with Crippen molar-refractivity contribution in [1.82, 2.24) is 5.32 Å². The molecule has 0 heterocycles. The lowest BCUT2D eigenvalue weighted by Crippen LogP contribution is -2.46. The van der Waals surface area contributed by atoms with Crippen LogP contribution >= 0.6 is 0 Å². The van der Waals surface area contributed by atoms with Crippen molar-refractivity contribution in [3.05, 3.63) is 30.1 Å². The normalized spacial score (nSPS) is 22.8. The molecule has 0 aromatic heterocycles. The Morgan fingerprint density at radius 3 is 2.95 bits per heavy atom. The van der Waals surface area contributed by atoms with Crippen molar-refractivity contribution < 1.29 is 19.0 Å². The van der Waals surface area contributed by atoms with E-state index in [0.717, 1.165) is 25.7 Å². The van der Waals surface area contributed by atoms with E-state index in [1.807, 2.05) is 0 Å². The molecule has 1 aliphatic carbocycles. The van der Waals surface area contributed by atoms with Gasteiger partial charge >= 0.3 is 0 Å². The third-order valence-electron chi connectivity index (χ3n) is 3.24. The van der Waals surface area contributed by atoms with Gasteiger partial charge in [0.05, 0.1) is 12.1 Å². The standard InChI is InChI=1S/C14H18FNO3/c15-10-4-3-5-11(8-10)19-9-14(18)16-12-6-1-2-7-13(12)17/h3-5,8,12-13,17H,1-2,6-7,9H2,(H,16,18)/t12-,13-/m0/s1. The summed E-state index contributed by atoms with van der Waals surface area (Å²) < 4.78 is 18.1. The Bertz CT molecular complexity index is 438. The van der Waals surface area contributed by atoms with Crippen molar-refractivity contribution in [2.24, 2.45) is 0 Å². The van der Waals surface area contributed by atoms with E-state index in [1.165, 1.54) is 18.2 Å². The second kappa shape index (κ2) is 6.52. The van der Waals surface area contributed by atoms with Gasteiger partial charge in [-0.2, -0.15) is 0 Å². The van der Waals surface area contributed by atoms with Crippen molar-refractivity contribution in [1.29, 1.82) is 0 Å². The first-order chi connectivity index (χ1) is 9.15. The summed E-state index contributed by atoms with van der Waals surface area (Å²) in [4.78, 5) is 11.7. The van der Waals surface area contributed by atoms with Gasteiger partial charge in [0.2, 0.25) is 0 Å². The molecular weight excluding hydrogens is 249 g/mol. The lowest BCUT2D eigenvalue weighted by atomic mass is 9.92. The maximum absolute atomic E-state index is 12.9. The molecule has 0 saturated heterocycles. The molecule has 1 aliphatic rings. The smallest absolute Gasteiger partial charge is 0.258 e. The summed E-state index contributed by atoms with van der Waals surface area (Å²) in [6.45, 7) is -0.174. The summed E-state index contributed by atoms with van der Waals surface area (Å²) in [6, 6.07) is 5.45. The Labute approximate surface area is 111 Å². The Morgan fingerprint density at radius 1 is 1.42 bits per heavy atom. The molecule has 0 aliphatic heterocycles. The number of nitrogens with one attached hydrogen (secondary N) is 1. The molecule has 0 bridgehead atoms. The van der Waals surface area contributed by atoms with Crippen LogP contribution in [0.1, 0.15) is 25.7 Å². The molecule has 1 aromatic carbocycles. The minimum Gasteiger partial charge on any atom is -0.484 e. The van der Waals surface area contributed by atoms with E-state index in [9.17, 15) is 14.3 Å². The van der Waals surface area contributed by atoms with E-state index < -0.39 is 11.9 Å². The highest BCUT2D eigenvalue weighted by Gasteiger charge is 2.24. The fourth-order valence-electron chi connectivity index (χ4n) is 2.23. The second-order valence-corrected chi connectivity index (χ2v) is 4.77. The van der Waals surface area contributed by atoms with Crippen LogP contribution in [0.2, 0.25) is 0 Å². The first-order valence-electron chi connectivity index (χ1n) is 6.51. The molecular formula is C14H18FNO3. The van der Waals surface area contributed by atoms with Gasteiger partial charge in [-0.1, -0.05) is 18.9 Å². The monoisotopic (exact) mass is 267 g/mol. The maximum atomic E-state index is 12.9. The quantitative estimate of drug-likeness (QED) is 0.871. The number of carbonyl (C=O) groups excluding carboxylic acids is 1. The van der Waals surface area contributed by atoms with Gasteiger partial charge in [-0.15, -0.1) is 0 Å². The molecule has 5 heteroatoms. The molecule has 19 heavy (non-hydrogen) atoms. The zero-order valence-corrected chi connectivity index (χ0v) is 10.6. The van der Waals surface area contributed by atoms with Gasteiger partial charge in [0, 0.05) is 6.07 Å². The number of halogens is 1. The van der Waals surface area contributed by atoms with Crippen molar-refractivity contribution in [2.45, 2.75) is 37.8 Å². The Hall–Kier alpha value is -1.62. The van der Waals surface area contributed by atoms with Crippen LogP contribution in [0.15, 0.2) is 24.3 Å². The number of aliphatic hydroxyl groups excluding tert-OH is 1.